The molecule has 0 heterocycles. The SMILES string of the molecule is N#Cc1ccc(CC(N)CC(=O)NCCO)cc1. The Kier molecular flexibility index (Phi) is 5.85. The average molecular weight is 247 g/mol. The molecule has 0 aromatic heterocycles. The van der Waals surface area contributed by atoms with Crippen molar-refractivity contribution in [2.45, 2.75) is 18.9 Å². The van der Waals surface area contributed by atoms with Crippen LogP contribution in [0, 0.1) is 11.3 Å². The molecular formula is C13H17N3O2. The molecule has 0 radical (unpaired) electrons. The third-order valence-electron chi connectivity index (χ3n) is 2.46. The van der Waals surface area contributed by atoms with Crippen LogP contribution in [0.5, 0.6) is 0 Å². The first-order valence-electron chi connectivity index (χ1n) is 5.78. The maximum absolute atomic E-state index is 11.4. The Morgan fingerprint density at radius 1 is 1.44 bits per heavy atom. The zero-order valence-electron chi connectivity index (χ0n) is 10.1. The first kappa shape index (κ1) is 14.2. The van der Waals surface area contributed by atoms with Crippen LogP contribution in [0.25, 0.3) is 0 Å². The summed E-state index contributed by atoms with van der Waals surface area (Å²) in [6, 6.07) is 8.91. The van der Waals surface area contributed by atoms with E-state index in [0.717, 1.165) is 5.56 Å². The lowest BCUT2D eigenvalue weighted by atomic mass is 10.0. The first-order valence-corrected chi connectivity index (χ1v) is 5.78. The number of aliphatic hydroxyl groups is 1. The highest BCUT2D eigenvalue weighted by Gasteiger charge is 2.09. The summed E-state index contributed by atoms with van der Waals surface area (Å²) in [5, 5.41) is 19.8. The molecule has 0 aliphatic rings. The lowest BCUT2D eigenvalue weighted by Crippen LogP contribution is -2.34. The van der Waals surface area contributed by atoms with Crippen LogP contribution in [0.15, 0.2) is 24.3 Å². The number of nitrogens with two attached hydrogens (primary N) is 1. The van der Waals surface area contributed by atoms with Crippen molar-refractivity contribution in [2.24, 2.45) is 5.73 Å². The molecule has 0 saturated heterocycles. The van der Waals surface area contributed by atoms with Crippen molar-refractivity contribution in [1.29, 1.82) is 5.26 Å². The largest absolute Gasteiger partial charge is 0.395 e. The number of hydrogen-bond donors (Lipinski definition) is 3. The van der Waals surface area contributed by atoms with Crippen LogP contribution in [-0.4, -0.2) is 30.2 Å². The second-order valence-electron chi connectivity index (χ2n) is 4.05. The fraction of sp³-hybridized carbons (Fsp3) is 0.385. The Hall–Kier alpha value is -1.90. The molecule has 1 amide bonds. The molecule has 1 atom stereocenters. The Balaban J connectivity index is 2.41. The lowest BCUT2D eigenvalue weighted by Gasteiger charge is -2.11. The number of carbonyl (C=O) groups is 1. The van der Waals surface area contributed by atoms with Crippen LogP contribution >= 0.6 is 0 Å². The lowest BCUT2D eigenvalue weighted by molar-refractivity contribution is -0.121. The quantitative estimate of drug-likeness (QED) is 0.655. The van der Waals surface area contributed by atoms with E-state index in [4.69, 9.17) is 16.1 Å². The molecule has 5 nitrogen and oxygen atoms in total. The van der Waals surface area contributed by atoms with Gasteiger partial charge in [0.2, 0.25) is 5.91 Å². The van der Waals surface area contributed by atoms with Crippen molar-refractivity contribution in [3.05, 3.63) is 35.4 Å². The Morgan fingerprint density at radius 2 is 2.11 bits per heavy atom. The third kappa shape index (κ3) is 4.95. The Morgan fingerprint density at radius 3 is 2.67 bits per heavy atom. The van der Waals surface area contributed by atoms with Crippen molar-refractivity contribution in [1.82, 2.24) is 5.32 Å². The van der Waals surface area contributed by atoms with Crippen molar-refractivity contribution >= 4 is 5.91 Å². The fourth-order valence-electron chi connectivity index (χ4n) is 1.60. The van der Waals surface area contributed by atoms with E-state index in [9.17, 15) is 4.79 Å². The molecule has 18 heavy (non-hydrogen) atoms. The second kappa shape index (κ2) is 7.43. The molecule has 0 fully saturated rings. The van der Waals surface area contributed by atoms with E-state index in [-0.39, 0.29) is 31.5 Å². The van der Waals surface area contributed by atoms with Crippen LogP contribution in [0.3, 0.4) is 0 Å². The van der Waals surface area contributed by atoms with E-state index >= 15 is 0 Å². The van der Waals surface area contributed by atoms with E-state index in [0.29, 0.717) is 12.0 Å². The van der Waals surface area contributed by atoms with Gasteiger partial charge in [-0.05, 0) is 24.1 Å². The predicted octanol–water partition coefficient (Wildman–Crippen LogP) is -0.0733. The second-order valence-corrected chi connectivity index (χ2v) is 4.05. The normalized spacial score (nSPS) is 11.6. The molecule has 0 aliphatic heterocycles. The number of nitrogens with zero attached hydrogens (tertiary/aromatic N) is 1. The van der Waals surface area contributed by atoms with Crippen LogP contribution in [0.1, 0.15) is 17.5 Å². The fourth-order valence-corrected chi connectivity index (χ4v) is 1.60. The standard InChI is InChI=1S/C13H17N3O2/c14-9-11-3-1-10(2-4-11)7-12(15)8-13(18)16-5-6-17/h1-4,12,17H,5-8,15H2,(H,16,18). The van der Waals surface area contributed by atoms with Crippen molar-refractivity contribution < 1.29 is 9.90 Å². The summed E-state index contributed by atoms with van der Waals surface area (Å²) in [5.41, 5.74) is 7.46. The number of aliphatic hydroxyl groups excluding tert-OH is 1. The Labute approximate surface area is 106 Å². The van der Waals surface area contributed by atoms with Crippen LogP contribution in [0.2, 0.25) is 0 Å². The topological polar surface area (TPSA) is 99.1 Å². The molecule has 0 bridgehead atoms. The highest BCUT2D eigenvalue weighted by atomic mass is 16.3. The number of rotatable bonds is 6. The van der Waals surface area contributed by atoms with Gasteiger partial charge in [0.05, 0.1) is 18.2 Å². The van der Waals surface area contributed by atoms with Gasteiger partial charge in [-0.3, -0.25) is 4.79 Å². The van der Waals surface area contributed by atoms with Gasteiger partial charge < -0.3 is 16.2 Å². The van der Waals surface area contributed by atoms with Gasteiger partial charge in [-0.2, -0.15) is 5.26 Å². The highest BCUT2D eigenvalue weighted by Crippen LogP contribution is 2.07. The molecule has 1 aromatic rings. The zero-order valence-corrected chi connectivity index (χ0v) is 10.1. The van der Waals surface area contributed by atoms with Gasteiger partial charge in [0.15, 0.2) is 0 Å². The molecule has 5 heteroatoms. The van der Waals surface area contributed by atoms with Gasteiger partial charge in [-0.15, -0.1) is 0 Å². The number of hydrogen-bond acceptors (Lipinski definition) is 4. The van der Waals surface area contributed by atoms with E-state index in [2.05, 4.69) is 5.32 Å². The maximum atomic E-state index is 11.4. The van der Waals surface area contributed by atoms with E-state index in [1.165, 1.54) is 0 Å². The van der Waals surface area contributed by atoms with E-state index in [1.54, 1.807) is 12.1 Å². The van der Waals surface area contributed by atoms with Crippen molar-refractivity contribution in [3.63, 3.8) is 0 Å². The summed E-state index contributed by atoms with van der Waals surface area (Å²) in [6.07, 6.45) is 0.804. The minimum Gasteiger partial charge on any atom is -0.395 e. The zero-order chi connectivity index (χ0) is 13.4. The monoisotopic (exact) mass is 247 g/mol. The molecule has 4 N–H and O–H groups in total. The number of benzene rings is 1. The third-order valence-corrected chi connectivity index (χ3v) is 2.46. The summed E-state index contributed by atoms with van der Waals surface area (Å²) in [5.74, 6) is -0.162. The van der Waals surface area contributed by atoms with Gasteiger partial charge in [0, 0.05) is 19.0 Å². The number of amides is 1. The summed E-state index contributed by atoms with van der Waals surface area (Å²) in [6.45, 7) is 0.180. The number of carbonyl (C=O) groups excluding carboxylic acids is 1. The van der Waals surface area contributed by atoms with Gasteiger partial charge in [-0.25, -0.2) is 0 Å². The number of nitrogens with one attached hydrogen (secondary N) is 1. The van der Waals surface area contributed by atoms with Crippen LogP contribution < -0.4 is 11.1 Å². The van der Waals surface area contributed by atoms with Gasteiger partial charge in [0.1, 0.15) is 0 Å². The van der Waals surface area contributed by atoms with Gasteiger partial charge in [-0.1, -0.05) is 12.1 Å². The summed E-state index contributed by atoms with van der Waals surface area (Å²) < 4.78 is 0. The molecule has 0 saturated carbocycles. The minimum absolute atomic E-state index is 0.0728. The van der Waals surface area contributed by atoms with Crippen molar-refractivity contribution in [2.75, 3.05) is 13.2 Å². The molecule has 1 aromatic carbocycles. The summed E-state index contributed by atoms with van der Waals surface area (Å²) in [7, 11) is 0. The van der Waals surface area contributed by atoms with Crippen LogP contribution in [0.4, 0.5) is 0 Å². The van der Waals surface area contributed by atoms with Crippen LogP contribution in [-0.2, 0) is 11.2 Å². The molecule has 0 aliphatic carbocycles. The Bertz CT molecular complexity index is 423. The molecular weight excluding hydrogens is 230 g/mol. The minimum atomic E-state index is -0.267. The summed E-state index contributed by atoms with van der Waals surface area (Å²) >= 11 is 0. The molecule has 0 spiro atoms. The maximum Gasteiger partial charge on any atom is 0.221 e. The van der Waals surface area contributed by atoms with Gasteiger partial charge >= 0.3 is 0 Å². The number of nitriles is 1. The van der Waals surface area contributed by atoms with E-state index < -0.39 is 0 Å². The molecule has 1 rings (SSSR count). The van der Waals surface area contributed by atoms with Crippen molar-refractivity contribution in [3.8, 4) is 6.07 Å². The smallest absolute Gasteiger partial charge is 0.221 e. The summed E-state index contributed by atoms with van der Waals surface area (Å²) in [4.78, 5) is 11.4. The average Bonchev–Trinajstić information content (AvgIpc) is 2.37. The molecule has 96 valence electrons. The van der Waals surface area contributed by atoms with Gasteiger partial charge in [0.25, 0.3) is 0 Å². The van der Waals surface area contributed by atoms with E-state index in [1.807, 2.05) is 18.2 Å². The highest BCUT2D eigenvalue weighted by molar-refractivity contribution is 5.76. The first-order chi connectivity index (χ1) is 8.65. The predicted molar refractivity (Wildman–Crippen MR) is 67.5 cm³/mol. The molecule has 1 unspecified atom stereocenters.